The zero-order valence-corrected chi connectivity index (χ0v) is 14.1. The van der Waals surface area contributed by atoms with Crippen molar-refractivity contribution in [2.24, 2.45) is 0 Å². The lowest BCUT2D eigenvalue weighted by atomic mass is 10.1. The topological polar surface area (TPSA) is 54.4 Å². The van der Waals surface area contributed by atoms with Crippen LogP contribution in [0.5, 0.6) is 5.75 Å². The van der Waals surface area contributed by atoms with E-state index in [1.165, 1.54) is 17.4 Å². The minimum atomic E-state index is -3.67. The zero-order valence-electron chi connectivity index (χ0n) is 12.5. The molecule has 0 bridgehead atoms. The third kappa shape index (κ3) is 3.02. The molecular formula is C18H16O3S2. The van der Waals surface area contributed by atoms with Crippen molar-refractivity contribution in [1.82, 2.24) is 0 Å². The Morgan fingerprint density at radius 3 is 2.17 bits per heavy atom. The lowest BCUT2D eigenvalue weighted by Crippen LogP contribution is -2.14. The molecule has 0 aliphatic carbocycles. The van der Waals surface area contributed by atoms with Gasteiger partial charge in [0.25, 0.3) is 0 Å². The maximum Gasteiger partial charge on any atom is 0.190 e. The number of thiophene rings is 1. The van der Waals surface area contributed by atoms with E-state index in [1.807, 2.05) is 19.1 Å². The number of aromatic hydroxyl groups is 1. The summed E-state index contributed by atoms with van der Waals surface area (Å²) in [7, 11) is -3.67. The number of benzene rings is 2. The molecule has 118 valence electrons. The second-order valence-electron chi connectivity index (χ2n) is 5.25. The van der Waals surface area contributed by atoms with Gasteiger partial charge >= 0.3 is 0 Å². The Balaban J connectivity index is 2.23. The predicted molar refractivity (Wildman–Crippen MR) is 92.6 cm³/mol. The van der Waals surface area contributed by atoms with Gasteiger partial charge in [-0.15, -0.1) is 11.3 Å². The maximum atomic E-state index is 13.2. The molecule has 1 N–H and O–H groups in total. The van der Waals surface area contributed by atoms with Crippen LogP contribution in [0.3, 0.4) is 0 Å². The van der Waals surface area contributed by atoms with Crippen LogP contribution in [0.4, 0.5) is 0 Å². The highest BCUT2D eigenvalue weighted by molar-refractivity contribution is 7.92. The van der Waals surface area contributed by atoms with Crippen molar-refractivity contribution >= 4 is 21.2 Å². The van der Waals surface area contributed by atoms with Gasteiger partial charge in [0.2, 0.25) is 0 Å². The molecule has 3 nitrogen and oxygen atoms in total. The Morgan fingerprint density at radius 2 is 1.57 bits per heavy atom. The van der Waals surface area contributed by atoms with Crippen LogP contribution >= 0.6 is 11.3 Å². The number of hydrogen-bond donors (Lipinski definition) is 1. The fourth-order valence-corrected chi connectivity index (χ4v) is 5.65. The maximum absolute atomic E-state index is 13.2. The van der Waals surface area contributed by atoms with E-state index >= 15 is 0 Å². The summed E-state index contributed by atoms with van der Waals surface area (Å²) in [5.41, 5.74) is 0.401. The van der Waals surface area contributed by atoms with Crippen molar-refractivity contribution in [2.75, 3.05) is 0 Å². The first-order chi connectivity index (χ1) is 11.0. The molecule has 0 spiro atoms. The third-order valence-electron chi connectivity index (χ3n) is 3.62. The molecule has 0 saturated heterocycles. The van der Waals surface area contributed by atoms with Crippen LogP contribution in [0.15, 0.2) is 71.6 Å². The second-order valence-corrected chi connectivity index (χ2v) is 8.60. The van der Waals surface area contributed by atoms with Gasteiger partial charge in [-0.2, -0.15) is 0 Å². The van der Waals surface area contributed by atoms with Crippen LogP contribution in [0.25, 0.3) is 0 Å². The molecule has 3 rings (SSSR count). The van der Waals surface area contributed by atoms with Crippen molar-refractivity contribution in [3.63, 3.8) is 0 Å². The zero-order chi connectivity index (χ0) is 16.4. The van der Waals surface area contributed by atoms with Gasteiger partial charge in [0.15, 0.2) is 9.84 Å². The minimum absolute atomic E-state index is 0.0111. The standard InChI is InChI=1S/C18H16O3S2/c1-13-11-12-17(22-13)18(15-9-5-6-10-16(15)19)23(20,21)14-7-3-2-4-8-14/h2-12,18-19H,1H3. The predicted octanol–water partition coefficient (Wildman–Crippen LogP) is 4.33. The summed E-state index contributed by atoms with van der Waals surface area (Å²) in [5, 5.41) is 9.29. The molecule has 3 aromatic rings. The molecule has 5 heteroatoms. The highest BCUT2D eigenvalue weighted by atomic mass is 32.2. The van der Waals surface area contributed by atoms with Crippen molar-refractivity contribution in [3.8, 4) is 5.75 Å². The van der Waals surface area contributed by atoms with Crippen LogP contribution in [-0.2, 0) is 9.84 Å². The van der Waals surface area contributed by atoms with E-state index in [1.54, 1.807) is 48.5 Å². The molecule has 1 unspecified atom stereocenters. The van der Waals surface area contributed by atoms with Gasteiger partial charge in [0, 0.05) is 15.3 Å². The molecule has 0 amide bonds. The first kappa shape index (κ1) is 15.8. The van der Waals surface area contributed by atoms with E-state index in [0.29, 0.717) is 10.4 Å². The average molecular weight is 344 g/mol. The third-order valence-corrected chi connectivity index (χ3v) is 6.89. The lowest BCUT2D eigenvalue weighted by molar-refractivity contribution is 0.468. The van der Waals surface area contributed by atoms with Gasteiger partial charge in [-0.25, -0.2) is 8.42 Å². The molecule has 0 aliphatic heterocycles. The van der Waals surface area contributed by atoms with Gasteiger partial charge in [-0.05, 0) is 37.3 Å². The number of aryl methyl sites for hydroxylation is 1. The molecule has 1 heterocycles. The van der Waals surface area contributed by atoms with Crippen molar-refractivity contribution < 1.29 is 13.5 Å². The van der Waals surface area contributed by atoms with Crippen molar-refractivity contribution in [3.05, 3.63) is 82.0 Å². The molecule has 0 fully saturated rings. The first-order valence-electron chi connectivity index (χ1n) is 7.13. The summed E-state index contributed by atoms with van der Waals surface area (Å²) in [5.74, 6) is -0.0111. The Morgan fingerprint density at radius 1 is 0.913 bits per heavy atom. The summed E-state index contributed by atoms with van der Waals surface area (Å²) >= 11 is 1.43. The second kappa shape index (κ2) is 6.18. The molecule has 1 aromatic heterocycles. The van der Waals surface area contributed by atoms with Gasteiger partial charge in [0.05, 0.1) is 4.90 Å². The van der Waals surface area contributed by atoms with Crippen LogP contribution in [0.2, 0.25) is 0 Å². The Kier molecular flexibility index (Phi) is 4.24. The van der Waals surface area contributed by atoms with E-state index in [-0.39, 0.29) is 10.6 Å². The minimum Gasteiger partial charge on any atom is -0.508 e. The largest absolute Gasteiger partial charge is 0.508 e. The summed E-state index contributed by atoms with van der Waals surface area (Å²) in [6.45, 7) is 1.94. The number of para-hydroxylation sites is 1. The highest BCUT2D eigenvalue weighted by Crippen LogP contribution is 2.41. The molecule has 1 atom stereocenters. The van der Waals surface area contributed by atoms with E-state index < -0.39 is 15.1 Å². The van der Waals surface area contributed by atoms with Crippen molar-refractivity contribution in [1.29, 1.82) is 0 Å². The Hall–Kier alpha value is -2.11. The summed E-state index contributed by atoms with van der Waals surface area (Å²) in [6.07, 6.45) is 0. The summed E-state index contributed by atoms with van der Waals surface area (Å²) in [6, 6.07) is 18.7. The smallest absolute Gasteiger partial charge is 0.190 e. The molecule has 0 aliphatic rings. The van der Waals surface area contributed by atoms with Crippen LogP contribution in [-0.4, -0.2) is 13.5 Å². The first-order valence-corrected chi connectivity index (χ1v) is 9.49. The normalized spacial score (nSPS) is 12.9. The monoisotopic (exact) mass is 344 g/mol. The summed E-state index contributed by atoms with van der Waals surface area (Å²) < 4.78 is 26.4. The van der Waals surface area contributed by atoms with Gasteiger partial charge in [-0.1, -0.05) is 36.4 Å². The van der Waals surface area contributed by atoms with E-state index in [9.17, 15) is 13.5 Å². The molecule has 23 heavy (non-hydrogen) atoms. The summed E-state index contributed by atoms with van der Waals surface area (Å²) in [4.78, 5) is 1.98. The molecule has 0 radical (unpaired) electrons. The number of rotatable bonds is 4. The number of phenolic OH excluding ortho intramolecular Hbond substituents is 1. The molecular weight excluding hydrogens is 328 g/mol. The average Bonchev–Trinajstić information content (AvgIpc) is 2.96. The fourth-order valence-electron chi connectivity index (χ4n) is 2.52. The van der Waals surface area contributed by atoms with E-state index in [0.717, 1.165) is 4.88 Å². The lowest BCUT2D eigenvalue weighted by Gasteiger charge is -2.18. The molecule has 0 saturated carbocycles. The van der Waals surface area contributed by atoms with Crippen LogP contribution in [0, 0.1) is 6.92 Å². The van der Waals surface area contributed by atoms with Crippen LogP contribution in [0.1, 0.15) is 20.6 Å². The number of phenols is 1. The Bertz CT molecular complexity index is 912. The fraction of sp³-hybridized carbons (Fsp3) is 0.111. The van der Waals surface area contributed by atoms with Gasteiger partial charge < -0.3 is 5.11 Å². The number of hydrogen-bond acceptors (Lipinski definition) is 4. The van der Waals surface area contributed by atoms with Crippen LogP contribution < -0.4 is 0 Å². The quantitative estimate of drug-likeness (QED) is 0.766. The van der Waals surface area contributed by atoms with Gasteiger partial charge in [0.1, 0.15) is 11.0 Å². The van der Waals surface area contributed by atoms with E-state index in [4.69, 9.17) is 0 Å². The highest BCUT2D eigenvalue weighted by Gasteiger charge is 2.33. The van der Waals surface area contributed by atoms with E-state index in [2.05, 4.69) is 0 Å². The van der Waals surface area contributed by atoms with Crippen molar-refractivity contribution in [2.45, 2.75) is 17.1 Å². The Labute approximate surface area is 139 Å². The van der Waals surface area contributed by atoms with Gasteiger partial charge in [-0.3, -0.25) is 0 Å². The molecule has 2 aromatic carbocycles. The number of sulfone groups is 1. The SMILES string of the molecule is Cc1ccc(C(c2ccccc2O)S(=O)(=O)c2ccccc2)s1.